The fraction of sp³-hybridized carbons (Fsp3) is 0.250. The molecule has 1 aliphatic rings. The number of aliphatic hydroxyl groups excluding tert-OH is 1. The lowest BCUT2D eigenvalue weighted by Gasteiger charge is -2.14. The fourth-order valence-corrected chi connectivity index (χ4v) is 4.01. The standard InChI is InChI=1S/C24H24N4O6/c1-28-21(11-20(27-28)23(32)25-12-14(29)10-22(30)31)26-24(33)34-13-19-17-8-4-2-6-15(17)16-7-3-5-9-18(16)19/h2-9,11,14,19,29H,10,12-13H2,1H3,(H,25,32)(H,26,33)(H,30,31). The van der Waals surface area contributed by atoms with Crippen molar-refractivity contribution in [1.29, 1.82) is 0 Å². The van der Waals surface area contributed by atoms with E-state index in [4.69, 9.17) is 9.84 Å². The minimum absolute atomic E-state index is 0.000951. The van der Waals surface area contributed by atoms with E-state index in [1.54, 1.807) is 7.05 Å². The van der Waals surface area contributed by atoms with Gasteiger partial charge in [-0.2, -0.15) is 5.10 Å². The first-order valence-electron chi connectivity index (χ1n) is 10.7. The fourth-order valence-electron chi connectivity index (χ4n) is 4.01. The Morgan fingerprint density at radius 2 is 1.71 bits per heavy atom. The Morgan fingerprint density at radius 3 is 2.32 bits per heavy atom. The average Bonchev–Trinajstić information content (AvgIpc) is 3.33. The van der Waals surface area contributed by atoms with Crippen molar-refractivity contribution in [3.63, 3.8) is 0 Å². The van der Waals surface area contributed by atoms with Gasteiger partial charge >= 0.3 is 12.1 Å². The van der Waals surface area contributed by atoms with Crippen LogP contribution in [0, 0.1) is 0 Å². The van der Waals surface area contributed by atoms with E-state index in [1.807, 2.05) is 36.4 Å². The monoisotopic (exact) mass is 464 g/mol. The molecule has 10 heteroatoms. The SMILES string of the molecule is Cn1nc(C(=O)NCC(O)CC(=O)O)cc1NC(=O)OCC1c2ccccc2-c2ccccc21. The molecule has 1 atom stereocenters. The van der Waals surface area contributed by atoms with Crippen molar-refractivity contribution in [2.45, 2.75) is 18.4 Å². The highest BCUT2D eigenvalue weighted by molar-refractivity contribution is 5.94. The summed E-state index contributed by atoms with van der Waals surface area (Å²) in [4.78, 5) is 35.3. The first kappa shape index (κ1) is 23.0. The lowest BCUT2D eigenvalue weighted by molar-refractivity contribution is -0.139. The van der Waals surface area contributed by atoms with Gasteiger partial charge in [0.1, 0.15) is 12.4 Å². The van der Waals surface area contributed by atoms with Crippen LogP contribution in [0.25, 0.3) is 11.1 Å². The third kappa shape index (κ3) is 4.91. The lowest BCUT2D eigenvalue weighted by atomic mass is 9.98. The zero-order chi connectivity index (χ0) is 24.2. The van der Waals surface area contributed by atoms with Crippen LogP contribution in [0.4, 0.5) is 10.6 Å². The van der Waals surface area contributed by atoms with Gasteiger partial charge in [-0.25, -0.2) is 4.79 Å². The molecule has 1 aliphatic carbocycles. The van der Waals surface area contributed by atoms with Crippen LogP contribution in [0.1, 0.15) is 34.0 Å². The first-order chi connectivity index (χ1) is 16.3. The van der Waals surface area contributed by atoms with Gasteiger partial charge in [0.2, 0.25) is 0 Å². The van der Waals surface area contributed by atoms with E-state index in [0.29, 0.717) is 0 Å². The average molecular weight is 464 g/mol. The Morgan fingerprint density at radius 1 is 1.09 bits per heavy atom. The van der Waals surface area contributed by atoms with Crippen LogP contribution >= 0.6 is 0 Å². The molecule has 0 aliphatic heterocycles. The summed E-state index contributed by atoms with van der Waals surface area (Å²) in [7, 11) is 1.55. The van der Waals surface area contributed by atoms with E-state index in [1.165, 1.54) is 10.7 Å². The molecule has 4 N–H and O–H groups in total. The molecule has 0 bridgehead atoms. The van der Waals surface area contributed by atoms with Crippen molar-refractivity contribution in [1.82, 2.24) is 15.1 Å². The molecule has 0 radical (unpaired) electrons. The summed E-state index contributed by atoms with van der Waals surface area (Å²) in [5.74, 6) is -1.62. The molecule has 1 heterocycles. The van der Waals surface area contributed by atoms with E-state index < -0.39 is 30.5 Å². The van der Waals surface area contributed by atoms with Crippen LogP contribution in [-0.4, -0.2) is 57.2 Å². The van der Waals surface area contributed by atoms with Gasteiger partial charge in [0.05, 0.1) is 12.5 Å². The van der Waals surface area contributed by atoms with Crippen LogP contribution in [-0.2, 0) is 16.6 Å². The molecule has 1 unspecified atom stereocenters. The molecule has 0 saturated carbocycles. The summed E-state index contributed by atoms with van der Waals surface area (Å²) in [6.45, 7) is -0.0939. The van der Waals surface area contributed by atoms with Gasteiger partial charge in [0.25, 0.3) is 5.91 Å². The van der Waals surface area contributed by atoms with Crippen molar-refractivity contribution < 1.29 is 29.3 Å². The second-order valence-electron chi connectivity index (χ2n) is 7.95. The molecule has 10 nitrogen and oxygen atoms in total. The zero-order valence-corrected chi connectivity index (χ0v) is 18.4. The van der Waals surface area contributed by atoms with Crippen LogP contribution < -0.4 is 10.6 Å². The Kier molecular flexibility index (Phi) is 6.60. The number of carbonyl (C=O) groups excluding carboxylic acids is 2. The van der Waals surface area contributed by atoms with Gasteiger partial charge in [-0.1, -0.05) is 48.5 Å². The summed E-state index contributed by atoms with van der Waals surface area (Å²) in [5, 5.41) is 27.3. The smallest absolute Gasteiger partial charge is 0.412 e. The Labute approximate surface area is 195 Å². The van der Waals surface area contributed by atoms with Crippen molar-refractivity contribution in [2.75, 3.05) is 18.5 Å². The van der Waals surface area contributed by atoms with Crippen molar-refractivity contribution in [3.05, 3.63) is 71.4 Å². The largest absolute Gasteiger partial charge is 0.481 e. The number of aromatic nitrogens is 2. The van der Waals surface area contributed by atoms with Gasteiger partial charge in [0, 0.05) is 25.6 Å². The van der Waals surface area contributed by atoms with E-state index in [0.717, 1.165) is 22.3 Å². The van der Waals surface area contributed by atoms with Crippen LogP contribution in [0.15, 0.2) is 54.6 Å². The number of aliphatic carboxylic acids is 1. The molecule has 0 saturated heterocycles. The highest BCUT2D eigenvalue weighted by atomic mass is 16.5. The maximum absolute atomic E-state index is 12.5. The van der Waals surface area contributed by atoms with Crippen molar-refractivity contribution in [3.8, 4) is 11.1 Å². The number of nitrogens with one attached hydrogen (secondary N) is 2. The number of carboxylic acid groups (broad SMARTS) is 1. The Bertz CT molecular complexity index is 1190. The number of fused-ring (bicyclic) bond motifs is 3. The topological polar surface area (TPSA) is 143 Å². The summed E-state index contributed by atoms with van der Waals surface area (Å²) < 4.78 is 6.81. The van der Waals surface area contributed by atoms with Crippen LogP contribution in [0.5, 0.6) is 0 Å². The van der Waals surface area contributed by atoms with E-state index in [-0.39, 0.29) is 30.6 Å². The van der Waals surface area contributed by atoms with Crippen molar-refractivity contribution >= 4 is 23.8 Å². The van der Waals surface area contributed by atoms with E-state index >= 15 is 0 Å². The van der Waals surface area contributed by atoms with Gasteiger partial charge in [0.15, 0.2) is 5.69 Å². The number of ether oxygens (including phenoxy) is 1. The van der Waals surface area contributed by atoms with Crippen LogP contribution in [0.3, 0.4) is 0 Å². The van der Waals surface area contributed by atoms with Gasteiger partial charge in [-0.05, 0) is 22.3 Å². The summed E-state index contributed by atoms with van der Waals surface area (Å²) in [6, 6.07) is 17.4. The molecule has 3 aromatic rings. The minimum atomic E-state index is -1.22. The van der Waals surface area contributed by atoms with Gasteiger partial charge in [-0.3, -0.25) is 19.6 Å². The van der Waals surface area contributed by atoms with Crippen molar-refractivity contribution in [2.24, 2.45) is 7.05 Å². The molecular formula is C24H24N4O6. The molecular weight excluding hydrogens is 440 g/mol. The second-order valence-corrected chi connectivity index (χ2v) is 7.95. The number of benzene rings is 2. The third-order valence-electron chi connectivity index (χ3n) is 5.59. The predicted molar refractivity (Wildman–Crippen MR) is 122 cm³/mol. The third-order valence-corrected chi connectivity index (χ3v) is 5.59. The predicted octanol–water partition coefficient (Wildman–Crippen LogP) is 2.35. The minimum Gasteiger partial charge on any atom is -0.481 e. The van der Waals surface area contributed by atoms with E-state index in [9.17, 15) is 19.5 Å². The number of aryl methyl sites for hydroxylation is 1. The molecule has 0 fully saturated rings. The molecule has 176 valence electrons. The molecule has 2 amide bonds. The second kappa shape index (κ2) is 9.75. The number of anilines is 1. The lowest BCUT2D eigenvalue weighted by Crippen LogP contribution is -2.33. The molecule has 34 heavy (non-hydrogen) atoms. The number of carbonyl (C=O) groups is 3. The highest BCUT2D eigenvalue weighted by Crippen LogP contribution is 2.44. The molecule has 2 aromatic carbocycles. The molecule has 0 spiro atoms. The number of hydrogen-bond donors (Lipinski definition) is 4. The number of hydrogen-bond acceptors (Lipinski definition) is 6. The van der Waals surface area contributed by atoms with Gasteiger partial charge in [-0.15, -0.1) is 0 Å². The zero-order valence-electron chi connectivity index (χ0n) is 18.4. The van der Waals surface area contributed by atoms with Gasteiger partial charge < -0.3 is 20.3 Å². The first-order valence-corrected chi connectivity index (χ1v) is 10.7. The van der Waals surface area contributed by atoms with Crippen LogP contribution in [0.2, 0.25) is 0 Å². The summed E-state index contributed by atoms with van der Waals surface area (Å²) in [6.07, 6.45) is -2.39. The Hall–Kier alpha value is -4.18. The highest BCUT2D eigenvalue weighted by Gasteiger charge is 2.29. The molecule has 4 rings (SSSR count). The summed E-state index contributed by atoms with van der Waals surface area (Å²) >= 11 is 0. The summed E-state index contributed by atoms with van der Waals surface area (Å²) in [5.41, 5.74) is 4.45. The maximum Gasteiger partial charge on any atom is 0.412 e. The number of aliphatic hydroxyl groups is 1. The number of carboxylic acids is 1. The van der Waals surface area contributed by atoms with E-state index in [2.05, 4.69) is 27.9 Å². The maximum atomic E-state index is 12.5. The number of amides is 2. The number of rotatable bonds is 8. The normalized spacial score (nSPS) is 13.0. The quantitative estimate of drug-likeness (QED) is 0.401. The molecule has 1 aromatic heterocycles. The Balaban J connectivity index is 1.36. The number of nitrogens with zero attached hydrogens (tertiary/aromatic N) is 2.